The van der Waals surface area contributed by atoms with Crippen LogP contribution in [0.2, 0.25) is 0 Å². The fourth-order valence-corrected chi connectivity index (χ4v) is 2.56. The smallest absolute Gasteiger partial charge is 0.414 e. The monoisotopic (exact) mass is 414 g/mol. The van der Waals surface area contributed by atoms with E-state index in [1.807, 2.05) is 0 Å². The lowest BCUT2D eigenvalue weighted by atomic mass is 10.2. The summed E-state index contributed by atoms with van der Waals surface area (Å²) >= 11 is 9.84. The third kappa shape index (κ3) is 6.00. The van der Waals surface area contributed by atoms with Gasteiger partial charge in [0.2, 0.25) is 0 Å². The van der Waals surface area contributed by atoms with E-state index in [0.717, 1.165) is 0 Å². The van der Waals surface area contributed by atoms with Crippen molar-refractivity contribution in [3.8, 4) is 0 Å². The number of thiocarbonyl (C=S) groups is 2. The first-order chi connectivity index (χ1) is 12.8. The molecule has 0 aromatic heterocycles. The van der Waals surface area contributed by atoms with Gasteiger partial charge in [-0.1, -0.05) is 12.2 Å². The molecule has 1 aromatic rings. The zero-order chi connectivity index (χ0) is 20.0. The van der Waals surface area contributed by atoms with Crippen LogP contribution in [-0.4, -0.2) is 48.1 Å². The molecule has 2 rings (SSSR count). The van der Waals surface area contributed by atoms with Crippen LogP contribution >= 0.6 is 24.4 Å². The highest BCUT2D eigenvalue weighted by atomic mass is 32.1. The number of carbonyl (C=O) groups excluding carboxylic acids is 2. The normalized spacial score (nSPS) is 15.7. The first-order valence-corrected chi connectivity index (χ1v) is 8.88. The van der Waals surface area contributed by atoms with Crippen LogP contribution in [0.3, 0.4) is 0 Å². The van der Waals surface area contributed by atoms with Crippen LogP contribution in [0.15, 0.2) is 18.2 Å². The molecule has 1 aliphatic heterocycles. The Bertz CT molecular complexity index is 762. The lowest BCUT2D eigenvalue weighted by Gasteiger charge is -2.15. The fourth-order valence-electron chi connectivity index (χ4n) is 2.28. The van der Waals surface area contributed by atoms with Crippen molar-refractivity contribution in [2.75, 3.05) is 29.9 Å². The summed E-state index contributed by atoms with van der Waals surface area (Å²) in [5.74, 6) is -0.649. The van der Waals surface area contributed by atoms with Gasteiger partial charge >= 0.3 is 12.2 Å². The minimum Gasteiger partial charge on any atom is -0.450 e. The van der Waals surface area contributed by atoms with E-state index in [2.05, 4.69) is 20.7 Å². The second-order valence-electron chi connectivity index (χ2n) is 5.52. The number of hydrogen-bond acceptors (Lipinski definition) is 6. The Balaban J connectivity index is 1.99. The molecule has 3 N–H and O–H groups in total. The highest BCUT2D eigenvalue weighted by molar-refractivity contribution is 7.80. The summed E-state index contributed by atoms with van der Waals surface area (Å²) in [6.07, 6.45) is -1.70. The van der Waals surface area contributed by atoms with Gasteiger partial charge in [0.1, 0.15) is 11.9 Å². The highest BCUT2D eigenvalue weighted by Gasteiger charge is 2.32. The average molecular weight is 414 g/mol. The summed E-state index contributed by atoms with van der Waals surface area (Å²) in [4.78, 5) is 25.2. The van der Waals surface area contributed by atoms with Crippen LogP contribution in [0.1, 0.15) is 13.8 Å². The number of nitrogens with one attached hydrogen (secondary N) is 3. The van der Waals surface area contributed by atoms with Gasteiger partial charge in [-0.15, -0.1) is 0 Å². The number of cyclic esters (lactones) is 1. The largest absolute Gasteiger partial charge is 0.450 e. The molecule has 0 aliphatic carbocycles. The van der Waals surface area contributed by atoms with Gasteiger partial charge in [0.15, 0.2) is 5.11 Å². The van der Waals surface area contributed by atoms with Crippen LogP contribution in [0.4, 0.5) is 25.4 Å². The van der Waals surface area contributed by atoms with Crippen molar-refractivity contribution in [2.24, 2.45) is 0 Å². The summed E-state index contributed by atoms with van der Waals surface area (Å²) in [5, 5.41) is 7.63. The van der Waals surface area contributed by atoms with E-state index in [0.29, 0.717) is 17.2 Å². The second kappa shape index (κ2) is 9.42. The van der Waals surface area contributed by atoms with Crippen molar-refractivity contribution >= 4 is 58.1 Å². The number of carbonyl (C=O) groups is 2. The summed E-state index contributed by atoms with van der Waals surface area (Å²) in [6, 6.07) is 4.13. The van der Waals surface area contributed by atoms with E-state index in [-0.39, 0.29) is 24.0 Å². The van der Waals surface area contributed by atoms with Crippen molar-refractivity contribution < 1.29 is 23.5 Å². The van der Waals surface area contributed by atoms with E-state index < -0.39 is 24.1 Å². The number of amides is 2. The molecule has 0 unspecified atom stereocenters. The van der Waals surface area contributed by atoms with Crippen molar-refractivity contribution in [1.82, 2.24) is 10.6 Å². The number of alkyl carbamates (subject to hydrolysis) is 1. The standard InChI is InChI=1S/C16H19FN4O4S2/c1-3-24-15(22)20-14(27)19-13-5-4-10(6-12(13)17)21-8-11(25-16(21)23)7-18-9(2)26/h4-6,11H,3,7-8H2,1-2H3,(H,18,26)(H2,19,20,22,27)/t11-/m0/s1. The Morgan fingerprint density at radius 2 is 2.19 bits per heavy atom. The first kappa shape index (κ1) is 20.8. The quantitative estimate of drug-likeness (QED) is 0.633. The number of halogens is 1. The van der Waals surface area contributed by atoms with E-state index >= 15 is 0 Å². The Hall–Kier alpha value is -2.53. The van der Waals surface area contributed by atoms with Crippen LogP contribution in [-0.2, 0) is 9.47 Å². The minimum atomic E-state index is -0.738. The Morgan fingerprint density at radius 3 is 2.81 bits per heavy atom. The van der Waals surface area contributed by atoms with Crippen LogP contribution in [0, 0.1) is 5.82 Å². The molecule has 146 valence electrons. The predicted molar refractivity (Wildman–Crippen MR) is 107 cm³/mol. The molecule has 2 amide bonds. The Labute approximate surface area is 166 Å². The van der Waals surface area contributed by atoms with Gasteiger partial charge in [-0.2, -0.15) is 0 Å². The molecule has 1 saturated heterocycles. The van der Waals surface area contributed by atoms with Crippen LogP contribution in [0.25, 0.3) is 0 Å². The molecule has 1 aromatic carbocycles. The molecule has 11 heteroatoms. The van der Waals surface area contributed by atoms with Gasteiger partial charge in [-0.05, 0) is 44.3 Å². The SMILES string of the molecule is CCOC(=O)NC(=S)Nc1ccc(N2C[C@H](CNC(C)=S)OC2=O)cc1F. The van der Waals surface area contributed by atoms with Gasteiger partial charge in [0.25, 0.3) is 0 Å². The average Bonchev–Trinajstić information content (AvgIpc) is 2.96. The molecule has 1 aliphatic rings. The molecular formula is C16H19FN4O4S2. The number of anilines is 2. The molecule has 27 heavy (non-hydrogen) atoms. The van der Waals surface area contributed by atoms with Crippen molar-refractivity contribution in [3.05, 3.63) is 24.0 Å². The van der Waals surface area contributed by atoms with Crippen molar-refractivity contribution in [2.45, 2.75) is 20.0 Å². The first-order valence-electron chi connectivity index (χ1n) is 8.07. The maximum Gasteiger partial charge on any atom is 0.414 e. The van der Waals surface area contributed by atoms with E-state index in [1.54, 1.807) is 19.9 Å². The lowest BCUT2D eigenvalue weighted by molar-refractivity contribution is 0.143. The van der Waals surface area contributed by atoms with Gasteiger partial charge in [-0.25, -0.2) is 14.0 Å². The predicted octanol–water partition coefficient (Wildman–Crippen LogP) is 2.53. The topological polar surface area (TPSA) is 91.9 Å². The highest BCUT2D eigenvalue weighted by Crippen LogP contribution is 2.26. The second-order valence-corrected chi connectivity index (χ2v) is 6.54. The number of nitrogens with zero attached hydrogens (tertiary/aromatic N) is 1. The third-order valence-corrected chi connectivity index (χ3v) is 3.80. The minimum absolute atomic E-state index is 0.0441. The molecule has 1 atom stereocenters. The number of hydrogen-bond donors (Lipinski definition) is 3. The number of rotatable bonds is 5. The van der Waals surface area contributed by atoms with E-state index in [9.17, 15) is 14.0 Å². The molecule has 0 bridgehead atoms. The van der Waals surface area contributed by atoms with Crippen LogP contribution in [0.5, 0.6) is 0 Å². The zero-order valence-corrected chi connectivity index (χ0v) is 16.3. The molecule has 8 nitrogen and oxygen atoms in total. The molecule has 0 radical (unpaired) electrons. The summed E-state index contributed by atoms with van der Waals surface area (Å²) in [5.41, 5.74) is 0.386. The van der Waals surface area contributed by atoms with Crippen molar-refractivity contribution in [3.63, 3.8) is 0 Å². The molecule has 0 spiro atoms. The summed E-state index contributed by atoms with van der Waals surface area (Å²) in [7, 11) is 0. The fraction of sp³-hybridized carbons (Fsp3) is 0.375. The Morgan fingerprint density at radius 1 is 1.44 bits per heavy atom. The Kier molecular flexibility index (Phi) is 7.25. The van der Waals surface area contributed by atoms with E-state index in [4.69, 9.17) is 29.2 Å². The number of ether oxygens (including phenoxy) is 2. The molecular weight excluding hydrogens is 395 g/mol. The van der Waals surface area contributed by atoms with Crippen molar-refractivity contribution in [1.29, 1.82) is 0 Å². The van der Waals surface area contributed by atoms with E-state index in [1.165, 1.54) is 17.0 Å². The number of benzene rings is 1. The zero-order valence-electron chi connectivity index (χ0n) is 14.7. The van der Waals surface area contributed by atoms with Gasteiger partial charge < -0.3 is 20.1 Å². The molecule has 1 fully saturated rings. The summed E-state index contributed by atoms with van der Waals surface area (Å²) in [6.45, 7) is 4.21. The van der Waals surface area contributed by atoms with Gasteiger partial charge in [0, 0.05) is 0 Å². The van der Waals surface area contributed by atoms with Gasteiger partial charge in [0.05, 0.1) is 36.1 Å². The third-order valence-electron chi connectivity index (χ3n) is 3.46. The van der Waals surface area contributed by atoms with Crippen LogP contribution < -0.4 is 20.9 Å². The molecule has 1 heterocycles. The summed E-state index contributed by atoms with van der Waals surface area (Å²) < 4.78 is 24.3. The maximum absolute atomic E-state index is 14.4. The molecule has 0 saturated carbocycles. The maximum atomic E-state index is 14.4. The van der Waals surface area contributed by atoms with Gasteiger partial charge in [-0.3, -0.25) is 10.2 Å². The lowest BCUT2D eigenvalue weighted by Crippen LogP contribution is -2.34.